The lowest BCUT2D eigenvalue weighted by atomic mass is 10.1. The van der Waals surface area contributed by atoms with Crippen LogP contribution >= 0.6 is 34.8 Å². The topological polar surface area (TPSA) is 105 Å². The highest BCUT2D eigenvalue weighted by Crippen LogP contribution is 2.28. The summed E-state index contributed by atoms with van der Waals surface area (Å²) in [4.78, 5) is 22.8. The minimum absolute atomic E-state index is 0.0605. The Morgan fingerprint density at radius 1 is 1.06 bits per heavy atom. The maximum atomic E-state index is 12.4. The molecule has 0 spiro atoms. The third-order valence-corrected chi connectivity index (χ3v) is 5.27. The van der Waals surface area contributed by atoms with Crippen molar-refractivity contribution in [1.29, 1.82) is 5.26 Å². The number of nitro groups is 1. The van der Waals surface area contributed by atoms with Crippen LogP contribution in [0.5, 0.6) is 5.75 Å². The number of amides is 1. The number of carbonyl (C=O) groups is 1. The smallest absolute Gasteiger partial charge is 0.289 e. The molecule has 0 fully saturated rings. The first-order valence-electron chi connectivity index (χ1n) is 9.30. The van der Waals surface area contributed by atoms with E-state index in [1.165, 1.54) is 18.2 Å². The quantitative estimate of drug-likeness (QED) is 0.168. The van der Waals surface area contributed by atoms with E-state index in [1.807, 2.05) is 6.07 Å². The van der Waals surface area contributed by atoms with Gasteiger partial charge in [0.25, 0.3) is 11.6 Å². The lowest BCUT2D eigenvalue weighted by Gasteiger charge is -2.08. The number of benzene rings is 3. The molecule has 0 atom stereocenters. The van der Waals surface area contributed by atoms with Crippen LogP contribution < -0.4 is 10.1 Å². The molecule has 0 unspecified atom stereocenters. The van der Waals surface area contributed by atoms with Crippen molar-refractivity contribution in [3.05, 3.63) is 103 Å². The van der Waals surface area contributed by atoms with Crippen molar-refractivity contribution >= 4 is 58.2 Å². The van der Waals surface area contributed by atoms with Crippen molar-refractivity contribution in [3.63, 3.8) is 0 Å². The highest BCUT2D eigenvalue weighted by Gasteiger charge is 2.15. The molecule has 0 bridgehead atoms. The fourth-order valence-electron chi connectivity index (χ4n) is 2.70. The van der Waals surface area contributed by atoms with Crippen molar-refractivity contribution in [1.82, 2.24) is 0 Å². The molecule has 3 aromatic rings. The number of nitrogens with zero attached hydrogens (tertiary/aromatic N) is 2. The van der Waals surface area contributed by atoms with Gasteiger partial charge in [-0.3, -0.25) is 14.9 Å². The van der Waals surface area contributed by atoms with E-state index < -0.39 is 10.8 Å². The van der Waals surface area contributed by atoms with Crippen LogP contribution in [0, 0.1) is 21.4 Å². The second-order valence-corrected chi connectivity index (χ2v) is 7.89. The molecule has 0 aromatic heterocycles. The first kappa shape index (κ1) is 24.1. The monoisotopic (exact) mass is 501 g/mol. The average molecular weight is 503 g/mol. The van der Waals surface area contributed by atoms with Crippen LogP contribution in [0.2, 0.25) is 15.1 Å². The van der Waals surface area contributed by atoms with Crippen LogP contribution in [-0.4, -0.2) is 10.8 Å². The van der Waals surface area contributed by atoms with Crippen molar-refractivity contribution in [2.75, 3.05) is 5.32 Å². The van der Waals surface area contributed by atoms with Gasteiger partial charge in [0, 0.05) is 27.4 Å². The van der Waals surface area contributed by atoms with Gasteiger partial charge in [-0.1, -0.05) is 53.0 Å². The third-order valence-electron chi connectivity index (χ3n) is 4.37. The Morgan fingerprint density at radius 3 is 2.42 bits per heavy atom. The molecule has 0 saturated heterocycles. The van der Waals surface area contributed by atoms with Gasteiger partial charge in [-0.15, -0.1) is 0 Å². The number of nitriles is 1. The fraction of sp³-hybridized carbons (Fsp3) is 0.0435. The SMILES string of the molecule is N#C/C(=C\c1ccc(OCc2ccc(Cl)cc2Cl)cc1)C(=O)Nc1ccc(Cl)c([N+](=O)[O-])c1. The standard InChI is InChI=1S/C23H14Cl3N3O4/c24-17-4-3-15(21(26)10-17)13-33-19-6-1-14(2-7-19)9-16(12-27)23(30)28-18-5-8-20(25)22(11-18)29(31)32/h1-11H,13H2,(H,28,30)/b16-9+. The summed E-state index contributed by atoms with van der Waals surface area (Å²) in [6.07, 6.45) is 1.39. The molecule has 3 aromatic carbocycles. The molecule has 0 aliphatic carbocycles. The third kappa shape index (κ3) is 6.46. The van der Waals surface area contributed by atoms with Gasteiger partial charge in [-0.05, 0) is 48.0 Å². The molecule has 0 aliphatic heterocycles. The molecule has 0 saturated carbocycles. The fourth-order valence-corrected chi connectivity index (χ4v) is 3.35. The van der Waals surface area contributed by atoms with Crippen molar-refractivity contribution in [2.45, 2.75) is 6.61 Å². The maximum Gasteiger partial charge on any atom is 0.289 e. The van der Waals surface area contributed by atoms with Crippen LogP contribution in [0.15, 0.2) is 66.2 Å². The van der Waals surface area contributed by atoms with Gasteiger partial charge in [-0.25, -0.2) is 0 Å². The lowest BCUT2D eigenvalue weighted by molar-refractivity contribution is -0.384. The molecule has 3 rings (SSSR count). The van der Waals surface area contributed by atoms with E-state index in [0.29, 0.717) is 21.4 Å². The van der Waals surface area contributed by atoms with E-state index in [0.717, 1.165) is 11.6 Å². The molecule has 0 radical (unpaired) electrons. The Bertz CT molecular complexity index is 1290. The average Bonchev–Trinajstić information content (AvgIpc) is 2.78. The van der Waals surface area contributed by atoms with Crippen molar-refractivity contribution in [3.8, 4) is 11.8 Å². The number of halogens is 3. The van der Waals surface area contributed by atoms with E-state index >= 15 is 0 Å². The molecule has 1 N–H and O–H groups in total. The van der Waals surface area contributed by atoms with Crippen molar-refractivity contribution < 1.29 is 14.5 Å². The normalized spacial score (nSPS) is 10.9. The second kappa shape index (κ2) is 10.8. The molecular weight excluding hydrogens is 489 g/mol. The molecule has 166 valence electrons. The van der Waals surface area contributed by atoms with E-state index in [1.54, 1.807) is 42.5 Å². The van der Waals surface area contributed by atoms with Crippen LogP contribution in [0.1, 0.15) is 11.1 Å². The Hall–Kier alpha value is -3.57. The minimum Gasteiger partial charge on any atom is -0.489 e. The minimum atomic E-state index is -0.716. The number of hydrogen-bond donors (Lipinski definition) is 1. The Kier molecular flexibility index (Phi) is 7.91. The number of hydrogen-bond acceptors (Lipinski definition) is 5. The second-order valence-electron chi connectivity index (χ2n) is 6.64. The highest BCUT2D eigenvalue weighted by atomic mass is 35.5. The molecule has 7 nitrogen and oxygen atoms in total. The van der Waals surface area contributed by atoms with Gasteiger partial charge in [0.2, 0.25) is 0 Å². The lowest BCUT2D eigenvalue weighted by Crippen LogP contribution is -2.13. The van der Waals surface area contributed by atoms with Crippen LogP contribution in [0.25, 0.3) is 6.08 Å². The Balaban J connectivity index is 1.68. The number of nitrogens with one attached hydrogen (secondary N) is 1. The number of nitro benzene ring substituents is 1. The van der Waals surface area contributed by atoms with E-state index in [2.05, 4.69) is 5.32 Å². The van der Waals surface area contributed by atoms with Crippen molar-refractivity contribution in [2.24, 2.45) is 0 Å². The molecule has 33 heavy (non-hydrogen) atoms. The largest absolute Gasteiger partial charge is 0.489 e. The van der Waals surface area contributed by atoms with E-state index in [-0.39, 0.29) is 28.6 Å². The van der Waals surface area contributed by atoms with Gasteiger partial charge in [0.1, 0.15) is 29.0 Å². The van der Waals surface area contributed by atoms with Gasteiger partial charge < -0.3 is 10.1 Å². The van der Waals surface area contributed by atoms with Gasteiger partial charge in [-0.2, -0.15) is 5.26 Å². The molecular formula is C23H14Cl3N3O4. The van der Waals surface area contributed by atoms with Gasteiger partial charge >= 0.3 is 0 Å². The molecule has 0 aliphatic rings. The predicted molar refractivity (Wildman–Crippen MR) is 128 cm³/mol. The first-order valence-corrected chi connectivity index (χ1v) is 10.4. The van der Waals surface area contributed by atoms with Crippen LogP contribution in [-0.2, 0) is 11.4 Å². The van der Waals surface area contributed by atoms with Crippen LogP contribution in [0.4, 0.5) is 11.4 Å². The summed E-state index contributed by atoms with van der Waals surface area (Å²) in [7, 11) is 0. The Labute approximate surface area is 203 Å². The van der Waals surface area contributed by atoms with Gasteiger partial charge in [0.05, 0.1) is 4.92 Å². The Morgan fingerprint density at radius 2 is 1.79 bits per heavy atom. The predicted octanol–water partition coefficient (Wildman–Crippen LogP) is 6.68. The zero-order chi connectivity index (χ0) is 24.0. The molecule has 1 amide bonds. The van der Waals surface area contributed by atoms with Crippen LogP contribution in [0.3, 0.4) is 0 Å². The van der Waals surface area contributed by atoms with E-state index in [4.69, 9.17) is 39.5 Å². The summed E-state index contributed by atoms with van der Waals surface area (Å²) in [5, 5.41) is 23.8. The first-order chi connectivity index (χ1) is 15.8. The number of rotatable bonds is 7. The summed E-state index contributed by atoms with van der Waals surface area (Å²) >= 11 is 17.8. The molecule has 0 heterocycles. The number of carbonyl (C=O) groups excluding carboxylic acids is 1. The zero-order valence-electron chi connectivity index (χ0n) is 16.7. The summed E-state index contributed by atoms with van der Waals surface area (Å²) in [5.74, 6) is -0.151. The zero-order valence-corrected chi connectivity index (χ0v) is 19.0. The summed E-state index contributed by atoms with van der Waals surface area (Å²) in [5.41, 5.74) is 0.958. The highest BCUT2D eigenvalue weighted by molar-refractivity contribution is 6.35. The summed E-state index contributed by atoms with van der Waals surface area (Å²) in [6.45, 7) is 0.240. The van der Waals surface area contributed by atoms with E-state index in [9.17, 15) is 20.2 Å². The maximum absolute atomic E-state index is 12.4. The number of ether oxygens (including phenoxy) is 1. The summed E-state index contributed by atoms with van der Waals surface area (Å²) < 4.78 is 5.71. The number of anilines is 1. The summed E-state index contributed by atoms with van der Waals surface area (Å²) in [6, 6.07) is 17.5. The molecule has 10 heteroatoms. The van der Waals surface area contributed by atoms with Gasteiger partial charge in [0.15, 0.2) is 0 Å².